The molecule has 9 heavy (non-hydrogen) atoms. The van der Waals surface area contributed by atoms with Crippen molar-refractivity contribution in [2.75, 3.05) is 0 Å². The molecule has 0 aliphatic rings. The molecule has 0 saturated heterocycles. The highest BCUT2D eigenvalue weighted by Gasteiger charge is 1.92. The van der Waals surface area contributed by atoms with Crippen LogP contribution in [0.25, 0.3) is 0 Å². The van der Waals surface area contributed by atoms with Gasteiger partial charge in [0.05, 0.1) is 5.02 Å². The number of benzene rings is 1. The molecule has 0 heterocycles. The molecule has 1 aromatic rings. The Morgan fingerprint density at radius 1 is 1.44 bits per heavy atom. The molecular formula is C6H3ClFS-. The molecule has 0 aliphatic carbocycles. The van der Waals surface area contributed by atoms with Gasteiger partial charge < -0.3 is 12.6 Å². The first-order chi connectivity index (χ1) is 4.20. The smallest absolute Gasteiger partial charge is 0.141 e. The Labute approximate surface area is 63.1 Å². The van der Waals surface area contributed by atoms with E-state index in [0.717, 1.165) is 0 Å². The van der Waals surface area contributed by atoms with Crippen molar-refractivity contribution >= 4 is 24.2 Å². The molecule has 0 nitrogen and oxygen atoms in total. The minimum Gasteiger partial charge on any atom is -0.780 e. The van der Waals surface area contributed by atoms with Crippen molar-refractivity contribution in [2.24, 2.45) is 0 Å². The highest BCUT2D eigenvalue weighted by atomic mass is 35.5. The van der Waals surface area contributed by atoms with Gasteiger partial charge in [0.25, 0.3) is 0 Å². The van der Waals surface area contributed by atoms with Gasteiger partial charge in [-0.2, -0.15) is 4.90 Å². The Morgan fingerprint density at radius 2 is 2.11 bits per heavy atom. The van der Waals surface area contributed by atoms with Crippen LogP contribution in [-0.4, -0.2) is 0 Å². The van der Waals surface area contributed by atoms with Gasteiger partial charge >= 0.3 is 0 Å². The maximum absolute atomic E-state index is 12.3. The average Bonchev–Trinajstić information content (AvgIpc) is 1.80. The maximum Gasteiger partial charge on any atom is 0.141 e. The van der Waals surface area contributed by atoms with Crippen molar-refractivity contribution in [2.45, 2.75) is 4.90 Å². The lowest BCUT2D eigenvalue weighted by Gasteiger charge is -2.03. The van der Waals surface area contributed by atoms with E-state index in [1.54, 1.807) is 0 Å². The lowest BCUT2D eigenvalue weighted by atomic mass is 10.3. The largest absolute Gasteiger partial charge is 0.780 e. The van der Waals surface area contributed by atoms with Gasteiger partial charge in [-0.3, -0.25) is 0 Å². The zero-order chi connectivity index (χ0) is 6.85. The summed E-state index contributed by atoms with van der Waals surface area (Å²) in [7, 11) is 0. The number of rotatable bonds is 0. The molecule has 1 aromatic carbocycles. The summed E-state index contributed by atoms with van der Waals surface area (Å²) in [6, 6.07) is 4.16. The van der Waals surface area contributed by atoms with Crippen LogP contribution in [0.3, 0.4) is 0 Å². The maximum atomic E-state index is 12.3. The molecule has 0 spiro atoms. The van der Waals surface area contributed by atoms with E-state index < -0.39 is 5.82 Å². The molecule has 0 aromatic heterocycles. The van der Waals surface area contributed by atoms with Gasteiger partial charge in [0.2, 0.25) is 0 Å². The van der Waals surface area contributed by atoms with Crippen LogP contribution in [0.5, 0.6) is 0 Å². The number of halogens is 2. The Balaban J connectivity index is 3.17. The summed E-state index contributed by atoms with van der Waals surface area (Å²) in [4.78, 5) is 0.557. The molecular weight excluding hydrogens is 159 g/mol. The van der Waals surface area contributed by atoms with E-state index in [2.05, 4.69) is 0 Å². The number of hydrogen-bond donors (Lipinski definition) is 0. The van der Waals surface area contributed by atoms with Crippen molar-refractivity contribution < 1.29 is 4.39 Å². The Hall–Kier alpha value is -0.340. The van der Waals surface area contributed by atoms with Gasteiger partial charge in [0.15, 0.2) is 0 Å². The standard InChI is InChI=1S/C6H4ClFS/c7-5-3-4(9)1-2-6(5)8/h1-3,9H/p-1. The first-order valence-corrected chi connectivity index (χ1v) is 3.11. The van der Waals surface area contributed by atoms with Gasteiger partial charge in [-0.15, -0.1) is 0 Å². The Bertz CT molecular complexity index is 224. The molecule has 0 unspecified atom stereocenters. The third kappa shape index (κ3) is 1.53. The third-order valence-corrected chi connectivity index (χ3v) is 1.43. The molecule has 0 atom stereocenters. The van der Waals surface area contributed by atoms with Crippen LogP contribution >= 0.6 is 11.6 Å². The second kappa shape index (κ2) is 2.50. The lowest BCUT2D eigenvalue weighted by molar-refractivity contribution is 0.627. The van der Waals surface area contributed by atoms with Gasteiger partial charge in [-0.25, -0.2) is 4.39 Å². The predicted molar refractivity (Wildman–Crippen MR) is 37.0 cm³/mol. The van der Waals surface area contributed by atoms with E-state index in [1.807, 2.05) is 0 Å². The number of hydrogen-bond acceptors (Lipinski definition) is 1. The molecule has 0 fully saturated rings. The van der Waals surface area contributed by atoms with E-state index in [0.29, 0.717) is 4.90 Å². The molecule has 3 heteroatoms. The first-order valence-electron chi connectivity index (χ1n) is 2.32. The molecule has 0 amide bonds. The van der Waals surface area contributed by atoms with Crippen molar-refractivity contribution in [1.29, 1.82) is 0 Å². The highest BCUT2D eigenvalue weighted by Crippen LogP contribution is 2.14. The highest BCUT2D eigenvalue weighted by molar-refractivity contribution is 7.58. The van der Waals surface area contributed by atoms with Crippen LogP contribution in [0.15, 0.2) is 23.1 Å². The third-order valence-electron chi connectivity index (χ3n) is 0.891. The van der Waals surface area contributed by atoms with Crippen LogP contribution in [-0.2, 0) is 12.6 Å². The SMILES string of the molecule is Fc1ccc([S-])cc1Cl. The molecule has 1 rings (SSSR count). The second-order valence-electron chi connectivity index (χ2n) is 1.58. The zero-order valence-electron chi connectivity index (χ0n) is 4.40. The van der Waals surface area contributed by atoms with E-state index >= 15 is 0 Å². The minimum absolute atomic E-state index is 0.0856. The summed E-state index contributed by atoms with van der Waals surface area (Å²) < 4.78 is 12.3. The van der Waals surface area contributed by atoms with Crippen LogP contribution in [0.1, 0.15) is 0 Å². The Morgan fingerprint density at radius 3 is 2.56 bits per heavy atom. The van der Waals surface area contributed by atoms with Crippen LogP contribution in [0.4, 0.5) is 4.39 Å². The van der Waals surface area contributed by atoms with E-state index in [9.17, 15) is 4.39 Å². The first kappa shape index (κ1) is 6.78. The summed E-state index contributed by atoms with van der Waals surface area (Å²) in [6.07, 6.45) is 0. The molecule has 0 aliphatic heterocycles. The summed E-state index contributed by atoms with van der Waals surface area (Å²) in [5.41, 5.74) is 0. The predicted octanol–water partition coefficient (Wildman–Crippen LogP) is 2.38. The van der Waals surface area contributed by atoms with Crippen molar-refractivity contribution in [3.05, 3.63) is 29.0 Å². The monoisotopic (exact) mass is 161 g/mol. The molecule has 0 N–H and O–H groups in total. The lowest BCUT2D eigenvalue weighted by Crippen LogP contribution is -1.75. The molecule has 0 radical (unpaired) electrons. The van der Waals surface area contributed by atoms with E-state index in [4.69, 9.17) is 24.2 Å². The van der Waals surface area contributed by atoms with Crippen LogP contribution < -0.4 is 0 Å². The van der Waals surface area contributed by atoms with E-state index in [-0.39, 0.29) is 5.02 Å². The summed E-state index contributed by atoms with van der Waals surface area (Å²) in [5.74, 6) is -0.426. The fourth-order valence-corrected chi connectivity index (χ4v) is 0.908. The van der Waals surface area contributed by atoms with Gasteiger partial charge in [0, 0.05) is 0 Å². The minimum atomic E-state index is -0.426. The van der Waals surface area contributed by atoms with Gasteiger partial charge in [-0.05, 0) is 6.07 Å². The fraction of sp³-hybridized carbons (Fsp3) is 0. The molecule has 48 valence electrons. The normalized spacial score (nSPS) is 9.56. The van der Waals surface area contributed by atoms with Gasteiger partial charge in [-0.1, -0.05) is 23.7 Å². The topological polar surface area (TPSA) is 0 Å². The van der Waals surface area contributed by atoms with Crippen molar-refractivity contribution in [3.8, 4) is 0 Å². The Kier molecular flexibility index (Phi) is 1.88. The summed E-state index contributed by atoms with van der Waals surface area (Å²) >= 11 is 10.1. The zero-order valence-corrected chi connectivity index (χ0v) is 5.97. The van der Waals surface area contributed by atoms with E-state index in [1.165, 1.54) is 18.2 Å². The van der Waals surface area contributed by atoms with Crippen molar-refractivity contribution in [3.63, 3.8) is 0 Å². The van der Waals surface area contributed by atoms with Crippen LogP contribution in [0, 0.1) is 5.82 Å². The molecule has 0 bridgehead atoms. The second-order valence-corrected chi connectivity index (χ2v) is 2.45. The summed E-state index contributed by atoms with van der Waals surface area (Å²) in [6.45, 7) is 0. The van der Waals surface area contributed by atoms with Crippen LogP contribution in [0.2, 0.25) is 5.02 Å². The average molecular weight is 162 g/mol. The van der Waals surface area contributed by atoms with Gasteiger partial charge in [0.1, 0.15) is 5.82 Å². The summed E-state index contributed by atoms with van der Waals surface area (Å²) in [5, 5.41) is 0.0856. The quantitative estimate of drug-likeness (QED) is 0.527. The molecule has 0 saturated carbocycles. The fourth-order valence-electron chi connectivity index (χ4n) is 0.477. The van der Waals surface area contributed by atoms with Crippen molar-refractivity contribution in [1.82, 2.24) is 0 Å².